The molecule has 0 saturated carbocycles. The lowest BCUT2D eigenvalue weighted by atomic mass is 9.89. The zero-order valence-corrected chi connectivity index (χ0v) is 9.70. The number of carbonyl (C=O) groups excluding carboxylic acids is 1. The van der Waals surface area contributed by atoms with Crippen molar-refractivity contribution in [2.45, 2.75) is 20.0 Å². The second kappa shape index (κ2) is 4.60. The Labute approximate surface area is 90.5 Å². The van der Waals surface area contributed by atoms with Crippen LogP contribution in [0.25, 0.3) is 0 Å². The number of nitrogens with zero attached hydrogens (tertiary/aromatic N) is 1. The lowest BCUT2D eigenvalue weighted by Gasteiger charge is -2.24. The van der Waals surface area contributed by atoms with Gasteiger partial charge in [-0.05, 0) is 17.6 Å². The Balaban J connectivity index is 2.89. The fourth-order valence-corrected chi connectivity index (χ4v) is 1.57. The van der Waals surface area contributed by atoms with E-state index in [4.69, 9.17) is 0 Å². The van der Waals surface area contributed by atoms with E-state index >= 15 is 0 Å². The van der Waals surface area contributed by atoms with Gasteiger partial charge in [0.1, 0.15) is 6.17 Å². The van der Waals surface area contributed by atoms with Crippen molar-refractivity contribution in [3.8, 4) is 0 Å². The van der Waals surface area contributed by atoms with E-state index < -0.39 is 12.1 Å². The van der Waals surface area contributed by atoms with Crippen molar-refractivity contribution in [1.29, 1.82) is 0 Å². The quantitative estimate of drug-likeness (QED) is 0.685. The van der Waals surface area contributed by atoms with Gasteiger partial charge in [0.25, 0.3) is 0 Å². The Morgan fingerprint density at radius 1 is 1.47 bits per heavy atom. The van der Waals surface area contributed by atoms with Gasteiger partial charge in [-0.3, -0.25) is 4.79 Å². The first-order valence-electron chi connectivity index (χ1n) is 5.18. The number of carbonyl (C=O) groups is 1. The maximum absolute atomic E-state index is 13.5. The van der Waals surface area contributed by atoms with Crippen LogP contribution in [-0.4, -0.2) is 31.1 Å². The van der Waals surface area contributed by atoms with Gasteiger partial charge in [0, 0.05) is 14.1 Å². The molecule has 0 fully saturated rings. The molecule has 15 heavy (non-hydrogen) atoms. The molecule has 3 heteroatoms. The third kappa shape index (κ3) is 2.67. The molecule has 0 spiro atoms. The molecular weight excluding hydrogens is 193 g/mol. The SMILES string of the molecule is CC(C)C1=CC(C(=O)N(C)C)C(F)C=C1. The van der Waals surface area contributed by atoms with Gasteiger partial charge in [0.05, 0.1) is 5.92 Å². The number of hydrogen-bond acceptors (Lipinski definition) is 1. The normalized spacial score (nSPS) is 25.3. The fraction of sp³-hybridized carbons (Fsp3) is 0.583. The van der Waals surface area contributed by atoms with Gasteiger partial charge in [0.2, 0.25) is 5.91 Å². The maximum Gasteiger partial charge on any atom is 0.232 e. The van der Waals surface area contributed by atoms with E-state index in [9.17, 15) is 9.18 Å². The highest BCUT2D eigenvalue weighted by atomic mass is 19.1. The van der Waals surface area contributed by atoms with Crippen molar-refractivity contribution >= 4 is 5.91 Å². The minimum Gasteiger partial charge on any atom is -0.348 e. The van der Waals surface area contributed by atoms with Crippen LogP contribution in [0.1, 0.15) is 13.8 Å². The molecular formula is C12H18FNO. The van der Waals surface area contributed by atoms with Gasteiger partial charge in [0.15, 0.2) is 0 Å². The molecule has 2 unspecified atom stereocenters. The first kappa shape index (κ1) is 12.0. The molecule has 2 atom stereocenters. The molecule has 0 aromatic heterocycles. The molecule has 0 aliphatic heterocycles. The summed E-state index contributed by atoms with van der Waals surface area (Å²) >= 11 is 0. The molecule has 2 nitrogen and oxygen atoms in total. The van der Waals surface area contributed by atoms with Gasteiger partial charge >= 0.3 is 0 Å². The van der Waals surface area contributed by atoms with Gasteiger partial charge in [-0.15, -0.1) is 0 Å². The largest absolute Gasteiger partial charge is 0.348 e. The summed E-state index contributed by atoms with van der Waals surface area (Å²) in [7, 11) is 3.30. The summed E-state index contributed by atoms with van der Waals surface area (Å²) in [6.07, 6.45) is 3.80. The molecule has 0 saturated heterocycles. The molecule has 0 N–H and O–H groups in total. The summed E-state index contributed by atoms with van der Waals surface area (Å²) in [5.41, 5.74) is 1.03. The summed E-state index contributed by atoms with van der Waals surface area (Å²) < 4.78 is 13.5. The summed E-state index contributed by atoms with van der Waals surface area (Å²) in [6, 6.07) is 0. The van der Waals surface area contributed by atoms with E-state index in [0.717, 1.165) is 5.57 Å². The first-order chi connectivity index (χ1) is 6.93. The fourth-order valence-electron chi connectivity index (χ4n) is 1.57. The Bertz CT molecular complexity index is 305. The van der Waals surface area contributed by atoms with Crippen molar-refractivity contribution in [3.05, 3.63) is 23.8 Å². The predicted molar refractivity (Wildman–Crippen MR) is 59.1 cm³/mol. The van der Waals surface area contributed by atoms with E-state index in [1.807, 2.05) is 13.8 Å². The number of amides is 1. The van der Waals surface area contributed by atoms with Crippen molar-refractivity contribution in [3.63, 3.8) is 0 Å². The molecule has 0 bridgehead atoms. The minimum absolute atomic E-state index is 0.176. The highest BCUT2D eigenvalue weighted by molar-refractivity contribution is 5.81. The third-order valence-electron chi connectivity index (χ3n) is 2.58. The smallest absolute Gasteiger partial charge is 0.232 e. The monoisotopic (exact) mass is 211 g/mol. The zero-order chi connectivity index (χ0) is 11.6. The number of alkyl halides is 1. The molecule has 1 aliphatic carbocycles. The molecule has 0 aromatic rings. The minimum atomic E-state index is -1.19. The topological polar surface area (TPSA) is 20.3 Å². The molecule has 0 radical (unpaired) electrons. The van der Waals surface area contributed by atoms with E-state index in [0.29, 0.717) is 5.92 Å². The van der Waals surface area contributed by atoms with Crippen molar-refractivity contribution < 1.29 is 9.18 Å². The number of rotatable bonds is 2. The molecule has 0 heterocycles. The van der Waals surface area contributed by atoms with E-state index in [-0.39, 0.29) is 5.91 Å². The lowest BCUT2D eigenvalue weighted by molar-refractivity contribution is -0.132. The van der Waals surface area contributed by atoms with Crippen molar-refractivity contribution in [2.75, 3.05) is 14.1 Å². The van der Waals surface area contributed by atoms with Gasteiger partial charge in [-0.1, -0.05) is 26.0 Å². The van der Waals surface area contributed by atoms with Crippen LogP contribution in [-0.2, 0) is 4.79 Å². The first-order valence-corrected chi connectivity index (χ1v) is 5.18. The van der Waals surface area contributed by atoms with Crippen LogP contribution in [0.2, 0.25) is 0 Å². The molecule has 1 amide bonds. The second-order valence-electron chi connectivity index (χ2n) is 4.38. The Morgan fingerprint density at radius 3 is 2.53 bits per heavy atom. The maximum atomic E-state index is 13.5. The Kier molecular flexibility index (Phi) is 3.66. The molecule has 1 aliphatic rings. The highest BCUT2D eigenvalue weighted by Crippen LogP contribution is 2.25. The zero-order valence-electron chi connectivity index (χ0n) is 9.70. The van der Waals surface area contributed by atoms with E-state index in [1.54, 1.807) is 26.2 Å². The van der Waals surface area contributed by atoms with Crippen LogP contribution in [0, 0.1) is 11.8 Å². The molecule has 1 rings (SSSR count). The Morgan fingerprint density at radius 2 is 2.07 bits per heavy atom. The summed E-state index contributed by atoms with van der Waals surface area (Å²) in [6.45, 7) is 4.07. The third-order valence-corrected chi connectivity index (χ3v) is 2.58. The van der Waals surface area contributed by atoms with E-state index in [2.05, 4.69) is 0 Å². The average Bonchev–Trinajstić information content (AvgIpc) is 2.16. The standard InChI is InChI=1S/C12H18FNO/c1-8(2)9-5-6-11(13)10(7-9)12(15)14(3)4/h5-8,10-11H,1-4H3. The summed E-state index contributed by atoms with van der Waals surface area (Å²) in [5.74, 6) is -0.501. The predicted octanol–water partition coefficient (Wildman–Crippen LogP) is 2.18. The molecule has 0 aromatic carbocycles. The summed E-state index contributed by atoms with van der Waals surface area (Å²) in [4.78, 5) is 13.1. The van der Waals surface area contributed by atoms with Crippen molar-refractivity contribution in [1.82, 2.24) is 4.90 Å². The van der Waals surface area contributed by atoms with Crippen LogP contribution in [0.4, 0.5) is 4.39 Å². The lowest BCUT2D eigenvalue weighted by Crippen LogP contribution is -2.34. The van der Waals surface area contributed by atoms with Gasteiger partial charge < -0.3 is 4.90 Å². The number of hydrogen-bond donors (Lipinski definition) is 0. The number of allylic oxidation sites excluding steroid dienone is 3. The summed E-state index contributed by atoms with van der Waals surface area (Å²) in [5, 5.41) is 0. The van der Waals surface area contributed by atoms with Crippen LogP contribution >= 0.6 is 0 Å². The van der Waals surface area contributed by atoms with E-state index in [1.165, 1.54) is 11.0 Å². The van der Waals surface area contributed by atoms with Crippen LogP contribution < -0.4 is 0 Å². The van der Waals surface area contributed by atoms with Gasteiger partial charge in [-0.2, -0.15) is 0 Å². The highest BCUT2D eigenvalue weighted by Gasteiger charge is 2.28. The van der Waals surface area contributed by atoms with Crippen molar-refractivity contribution in [2.24, 2.45) is 11.8 Å². The molecule has 84 valence electrons. The van der Waals surface area contributed by atoms with Crippen LogP contribution in [0.3, 0.4) is 0 Å². The Hall–Kier alpha value is -1.12. The second-order valence-corrected chi connectivity index (χ2v) is 4.38. The van der Waals surface area contributed by atoms with Crippen LogP contribution in [0.15, 0.2) is 23.8 Å². The number of halogens is 1. The van der Waals surface area contributed by atoms with Crippen LogP contribution in [0.5, 0.6) is 0 Å². The average molecular weight is 211 g/mol. The van der Waals surface area contributed by atoms with Gasteiger partial charge in [-0.25, -0.2) is 4.39 Å².